The molecule has 336 valence electrons. The van der Waals surface area contributed by atoms with Gasteiger partial charge < -0.3 is 0 Å². The minimum atomic E-state index is 0.382. The molecule has 0 aliphatic heterocycles. The number of hydrogen-bond acceptors (Lipinski definition) is 0. The van der Waals surface area contributed by atoms with Crippen LogP contribution in [-0.2, 0) is 0 Å². The topological polar surface area (TPSA) is 0 Å². The number of allylic oxidation sites excluding steroid dienone is 11. The van der Waals surface area contributed by atoms with Crippen molar-refractivity contribution in [2.45, 2.75) is 223 Å². The van der Waals surface area contributed by atoms with Crippen molar-refractivity contribution in [1.82, 2.24) is 0 Å². The van der Waals surface area contributed by atoms with E-state index in [1.54, 1.807) is 22.3 Å². The second kappa shape index (κ2) is 23.6. The van der Waals surface area contributed by atoms with E-state index in [-0.39, 0.29) is 0 Å². The van der Waals surface area contributed by atoms with E-state index in [0.29, 0.717) is 27.6 Å². The summed E-state index contributed by atoms with van der Waals surface area (Å²) in [5.74, 6) is 6.98. The quantitative estimate of drug-likeness (QED) is 0.243. The van der Waals surface area contributed by atoms with E-state index < -0.39 is 0 Å². The van der Waals surface area contributed by atoms with Gasteiger partial charge in [-0.3, -0.25) is 0 Å². The first-order chi connectivity index (χ1) is 26.5. The lowest BCUT2D eigenvalue weighted by Gasteiger charge is -2.42. The molecule has 0 aromatic rings. The Morgan fingerprint density at radius 1 is 0.603 bits per heavy atom. The van der Waals surface area contributed by atoms with E-state index in [9.17, 15) is 0 Å². The van der Waals surface area contributed by atoms with Crippen molar-refractivity contribution < 1.29 is 0 Å². The molecular weight excluding hydrogens is 697 g/mol. The summed E-state index contributed by atoms with van der Waals surface area (Å²) in [5, 5.41) is 0. The fourth-order valence-corrected chi connectivity index (χ4v) is 13.4. The molecule has 4 unspecified atom stereocenters. The average Bonchev–Trinajstić information content (AvgIpc) is 3.03. The Morgan fingerprint density at radius 3 is 1.50 bits per heavy atom. The summed E-state index contributed by atoms with van der Waals surface area (Å²) < 4.78 is 0. The summed E-state index contributed by atoms with van der Waals surface area (Å²) in [6.45, 7) is 55.7. The largest absolute Gasteiger partial charge is 0.0996 e. The highest BCUT2D eigenvalue weighted by molar-refractivity contribution is 5.33. The third-order valence-electron chi connectivity index (χ3n) is 15.0. The van der Waals surface area contributed by atoms with Crippen LogP contribution < -0.4 is 0 Å². The van der Waals surface area contributed by atoms with Crippen LogP contribution in [0.3, 0.4) is 0 Å². The standard InChI is InChI=1S/3C12H22.C12H20.C10H18/c4*1-9(2)11-10(3)7-6-8-12(11,4)5;1-8(2)10-7-5-4-6-9(10)3/h7,9,11H,6,8H2,1-5H3;6-7,9-11H,8H2,1-5H3;9,11H,3,6-8H2,1-2,4-5H3;6-7,9H,8H2,1-5H3;8H,4-7H2,1-3H3. The molecule has 0 amide bonds. The Morgan fingerprint density at radius 2 is 1.16 bits per heavy atom. The molecule has 5 aliphatic rings. The molecule has 0 heterocycles. The van der Waals surface area contributed by atoms with Crippen LogP contribution in [0.5, 0.6) is 0 Å². The monoisotopic (exact) mass is 801 g/mol. The molecule has 5 aliphatic carbocycles. The lowest BCUT2D eigenvalue weighted by molar-refractivity contribution is 0.110. The van der Waals surface area contributed by atoms with E-state index in [1.807, 2.05) is 0 Å². The van der Waals surface area contributed by atoms with Crippen molar-refractivity contribution in [2.24, 2.45) is 74.9 Å². The predicted molar refractivity (Wildman–Crippen MR) is 266 cm³/mol. The first-order valence-electron chi connectivity index (χ1n) is 24.6. The SMILES string of the molecule is C=C1CCCC(C)(C)C1C(C)C.CC(C)C1C(C)C=CCC1(C)C.CC1=C(C(C)C)C(C)(C)CC=C1.CC1=C(C(C)C)CCCC1.CC1=CCCC(C)(C)C1C(C)C. The van der Waals surface area contributed by atoms with E-state index >= 15 is 0 Å². The Labute approximate surface area is 366 Å². The minimum Gasteiger partial charge on any atom is -0.0996 e. The van der Waals surface area contributed by atoms with Crippen LogP contribution in [0.4, 0.5) is 0 Å². The molecule has 0 aromatic carbocycles. The Kier molecular flexibility index (Phi) is 22.2. The third-order valence-corrected chi connectivity index (χ3v) is 15.0. The van der Waals surface area contributed by atoms with Gasteiger partial charge in [-0.15, -0.1) is 0 Å². The zero-order valence-corrected chi connectivity index (χ0v) is 43.6. The summed E-state index contributed by atoms with van der Waals surface area (Å²) in [4.78, 5) is 0. The van der Waals surface area contributed by atoms with Crippen molar-refractivity contribution in [3.63, 3.8) is 0 Å². The van der Waals surface area contributed by atoms with Gasteiger partial charge in [-0.2, -0.15) is 0 Å². The number of rotatable bonds is 5. The molecule has 0 bridgehead atoms. The highest BCUT2D eigenvalue weighted by Gasteiger charge is 2.37. The molecular formula is C58H104. The van der Waals surface area contributed by atoms with Gasteiger partial charge in [-0.25, -0.2) is 0 Å². The lowest BCUT2D eigenvalue weighted by Crippen LogP contribution is -2.34. The van der Waals surface area contributed by atoms with Crippen molar-refractivity contribution in [3.8, 4) is 0 Å². The van der Waals surface area contributed by atoms with Gasteiger partial charge in [0.2, 0.25) is 0 Å². The molecule has 0 nitrogen and oxygen atoms in total. The lowest BCUT2D eigenvalue weighted by atomic mass is 9.63. The molecule has 0 saturated heterocycles. The highest BCUT2D eigenvalue weighted by Crippen LogP contribution is 2.47. The van der Waals surface area contributed by atoms with E-state index in [1.165, 1.54) is 81.8 Å². The van der Waals surface area contributed by atoms with Gasteiger partial charge in [0.25, 0.3) is 0 Å². The van der Waals surface area contributed by atoms with Crippen LogP contribution in [-0.4, -0.2) is 0 Å². The molecule has 58 heavy (non-hydrogen) atoms. The van der Waals surface area contributed by atoms with Gasteiger partial charge in [0, 0.05) is 0 Å². The fourth-order valence-electron chi connectivity index (χ4n) is 13.4. The summed E-state index contributed by atoms with van der Waals surface area (Å²) in [6, 6.07) is 0. The van der Waals surface area contributed by atoms with Crippen LogP contribution in [0.15, 0.2) is 70.4 Å². The maximum Gasteiger partial charge on any atom is -0.0102 e. The highest BCUT2D eigenvalue weighted by atomic mass is 14.4. The third kappa shape index (κ3) is 16.4. The normalized spacial score (nSPS) is 27.2. The maximum atomic E-state index is 4.21. The van der Waals surface area contributed by atoms with Gasteiger partial charge in [0.15, 0.2) is 0 Å². The molecule has 1 saturated carbocycles. The maximum absolute atomic E-state index is 4.21. The van der Waals surface area contributed by atoms with E-state index in [4.69, 9.17) is 0 Å². The molecule has 4 atom stereocenters. The van der Waals surface area contributed by atoms with Gasteiger partial charge in [0.1, 0.15) is 0 Å². The zero-order chi connectivity index (χ0) is 45.0. The second-order valence-electron chi connectivity index (χ2n) is 24.1. The average molecular weight is 801 g/mol. The first kappa shape index (κ1) is 54.5. The van der Waals surface area contributed by atoms with Crippen molar-refractivity contribution in [2.75, 3.05) is 0 Å². The van der Waals surface area contributed by atoms with E-state index in [2.05, 4.69) is 189 Å². The summed E-state index contributed by atoms with van der Waals surface area (Å²) >= 11 is 0. The van der Waals surface area contributed by atoms with Crippen LogP contribution in [0.25, 0.3) is 0 Å². The van der Waals surface area contributed by atoms with Crippen LogP contribution in [0, 0.1) is 74.9 Å². The number of hydrogen-bond donors (Lipinski definition) is 0. The van der Waals surface area contributed by atoms with Gasteiger partial charge in [-0.05, 0) is 166 Å². The van der Waals surface area contributed by atoms with Crippen molar-refractivity contribution in [3.05, 3.63) is 70.4 Å². The molecule has 0 heteroatoms. The van der Waals surface area contributed by atoms with E-state index in [0.717, 1.165) is 47.3 Å². The molecule has 0 radical (unpaired) electrons. The molecule has 0 spiro atoms. The van der Waals surface area contributed by atoms with Crippen molar-refractivity contribution >= 4 is 0 Å². The van der Waals surface area contributed by atoms with Gasteiger partial charge in [0.05, 0.1) is 0 Å². The Bertz CT molecular complexity index is 1390. The van der Waals surface area contributed by atoms with Gasteiger partial charge >= 0.3 is 0 Å². The molecule has 0 N–H and O–H groups in total. The summed E-state index contributed by atoms with van der Waals surface area (Å²) in [5.41, 5.74) is 11.5. The van der Waals surface area contributed by atoms with Crippen LogP contribution in [0.2, 0.25) is 0 Å². The zero-order valence-electron chi connectivity index (χ0n) is 43.6. The van der Waals surface area contributed by atoms with Crippen LogP contribution >= 0.6 is 0 Å². The Balaban J connectivity index is 0.000000363. The minimum absolute atomic E-state index is 0.382. The molecule has 5 rings (SSSR count). The predicted octanol–water partition coefficient (Wildman–Crippen LogP) is 19.4. The summed E-state index contributed by atoms with van der Waals surface area (Å²) in [6.07, 6.45) is 26.3. The fraction of sp³-hybridized carbons (Fsp3) is 0.793. The Hall–Kier alpha value is -1.56. The molecule has 0 aromatic heterocycles. The smallest absolute Gasteiger partial charge is 0.0102 e. The second-order valence-corrected chi connectivity index (χ2v) is 24.1. The van der Waals surface area contributed by atoms with Crippen molar-refractivity contribution in [1.29, 1.82) is 0 Å². The molecule has 1 fully saturated rings. The first-order valence-corrected chi connectivity index (χ1v) is 24.6. The summed E-state index contributed by atoms with van der Waals surface area (Å²) in [7, 11) is 0. The van der Waals surface area contributed by atoms with Crippen LogP contribution in [0.1, 0.15) is 223 Å². The van der Waals surface area contributed by atoms with Gasteiger partial charge in [-0.1, -0.05) is 202 Å².